The maximum Gasteiger partial charge on any atom is 0.144 e. The van der Waals surface area contributed by atoms with Gasteiger partial charge in [-0.1, -0.05) is 0 Å². The highest BCUT2D eigenvalue weighted by Gasteiger charge is 1.49. The Morgan fingerprint density at radius 3 is 2.00 bits per heavy atom. The second kappa shape index (κ2) is 9.08. The lowest BCUT2D eigenvalue weighted by Gasteiger charge is -1.24. The van der Waals surface area contributed by atoms with Crippen LogP contribution in [0, 0.1) is 4.91 Å². The van der Waals surface area contributed by atoms with E-state index in [9.17, 15) is 0 Å². The van der Waals surface area contributed by atoms with Crippen LogP contribution in [0.2, 0.25) is 0 Å². The highest BCUT2D eigenvalue weighted by atomic mass is 35.5. The highest BCUT2D eigenvalue weighted by molar-refractivity contribution is 7.47. The first kappa shape index (κ1) is 8.86. The van der Waals surface area contributed by atoms with Gasteiger partial charge in [0.1, 0.15) is 22.2 Å². The van der Waals surface area contributed by atoms with Crippen molar-refractivity contribution in [1.29, 1.82) is 0 Å². The Morgan fingerprint density at radius 2 is 2.00 bits per heavy atom. The van der Waals surface area contributed by atoms with Crippen LogP contribution in [0.15, 0.2) is 4.47 Å². The second-order valence-corrected chi connectivity index (χ2v) is 0.365. The molecule has 0 saturated carbocycles. The predicted octanol–water partition coefficient (Wildman–Crippen LogP) is -4.52. The molecule has 5 heavy (non-hydrogen) atoms. The van der Waals surface area contributed by atoms with Crippen molar-refractivity contribution in [1.82, 2.24) is 0 Å². The molecule has 0 heterocycles. The third-order valence-electron chi connectivity index (χ3n) is 0.0373. The van der Waals surface area contributed by atoms with Gasteiger partial charge in [-0.05, 0) is 0 Å². The zero-order valence-electron chi connectivity index (χ0n) is 2.14. The maximum atomic E-state index is 8.78. The van der Waals surface area contributed by atoms with Gasteiger partial charge in [0.25, 0.3) is 0 Å². The fourth-order valence-electron chi connectivity index (χ4n) is 0. The van der Waals surface area contributed by atoms with Gasteiger partial charge in [-0.15, -0.1) is 0 Å². The second-order valence-electron chi connectivity index (χ2n) is 0.183. The van der Waals surface area contributed by atoms with Crippen molar-refractivity contribution in [3.05, 3.63) is 4.91 Å². The molecule has 0 aliphatic carbocycles. The van der Waals surface area contributed by atoms with Crippen LogP contribution in [-0.4, -0.2) is 0 Å². The first-order valence-electron chi connectivity index (χ1n) is 0.610. The maximum absolute atomic E-state index is 8.78. The number of hydrogen-bond donors (Lipinski definition) is 1. The predicted molar refractivity (Wildman–Crippen MR) is 14.1 cm³/mol. The van der Waals surface area contributed by atoms with Crippen molar-refractivity contribution in [2.45, 2.75) is 0 Å². The zero-order chi connectivity index (χ0) is 3.41. The highest BCUT2D eigenvalue weighted by Crippen LogP contribution is 1.06. The van der Waals surface area contributed by atoms with Crippen molar-refractivity contribution in [3.8, 4) is 0 Å². The van der Waals surface area contributed by atoms with Crippen molar-refractivity contribution in [3.63, 3.8) is 0 Å². The van der Waals surface area contributed by atoms with E-state index in [-0.39, 0.29) is 12.4 Å². The Balaban J connectivity index is 0. The van der Waals surface area contributed by atoms with Crippen molar-refractivity contribution < 1.29 is 17.7 Å². The summed E-state index contributed by atoms with van der Waals surface area (Å²) in [5.41, 5.74) is 0. The smallest absolute Gasteiger partial charge is 0.144 e. The number of nitrogens with one attached hydrogen (secondary N) is 1. The lowest BCUT2D eigenvalue weighted by atomic mass is 12.9. The average molecular weight is 113 g/mol. The van der Waals surface area contributed by atoms with Crippen molar-refractivity contribution in [2.75, 3.05) is 0 Å². The fraction of sp³-hybridized carbons (Fsp3) is 0. The van der Waals surface area contributed by atoms with Crippen LogP contribution in [0.1, 0.15) is 0 Å². The topological polar surface area (TPSA) is 43.4 Å². The molecule has 1 N–H and O–H groups in total. The number of rotatable bonds is 1. The SMILES string of the molecule is O=[NH+]N=S.[Cl-]. The molecule has 0 aromatic rings. The van der Waals surface area contributed by atoms with Crippen LogP contribution in [0.5, 0.6) is 0 Å². The zero-order valence-corrected chi connectivity index (χ0v) is 3.71. The van der Waals surface area contributed by atoms with E-state index in [1.54, 1.807) is 0 Å². The Kier molecular flexibility index (Phi) is 16.1. The number of halogens is 1. The summed E-state index contributed by atoms with van der Waals surface area (Å²) < 4.78 is 2.51. The molecule has 0 aliphatic heterocycles. The monoisotopic (exact) mass is 112 g/mol. The van der Waals surface area contributed by atoms with E-state index in [4.69, 9.17) is 4.91 Å². The molecule has 0 amide bonds. The van der Waals surface area contributed by atoms with Crippen molar-refractivity contribution in [2.24, 2.45) is 4.47 Å². The fourth-order valence-corrected chi connectivity index (χ4v) is 0. The first-order chi connectivity index (χ1) is 1.91. The number of hydrogen-bond acceptors (Lipinski definition) is 2. The molecule has 0 aromatic heterocycles. The van der Waals surface area contributed by atoms with Crippen LogP contribution in [0.25, 0.3) is 0 Å². The Hall–Kier alpha value is -0.0900. The van der Waals surface area contributed by atoms with E-state index >= 15 is 0 Å². The van der Waals surface area contributed by atoms with E-state index in [2.05, 4.69) is 16.9 Å². The van der Waals surface area contributed by atoms with Gasteiger partial charge >= 0.3 is 0 Å². The molecule has 0 atom stereocenters. The summed E-state index contributed by atoms with van der Waals surface area (Å²) in [6, 6.07) is 0. The molecule has 0 rings (SSSR count). The third kappa shape index (κ3) is 17.2. The van der Waals surface area contributed by atoms with Gasteiger partial charge < -0.3 is 12.4 Å². The minimum Gasteiger partial charge on any atom is -1.00 e. The van der Waals surface area contributed by atoms with Gasteiger partial charge in [-0.2, -0.15) is 0 Å². The molecule has 5 heteroatoms. The molecule has 0 bridgehead atoms. The molecule has 0 fully saturated rings. The minimum absolute atomic E-state index is 0. The van der Waals surface area contributed by atoms with E-state index in [1.807, 2.05) is 0 Å². The third-order valence-corrected chi connectivity index (χ3v) is 0.112. The summed E-state index contributed by atoms with van der Waals surface area (Å²) in [4.78, 5) is 8.78. The van der Waals surface area contributed by atoms with Gasteiger partial charge in [0.05, 0.1) is 4.91 Å². The summed E-state index contributed by atoms with van der Waals surface area (Å²) >= 11 is 3.75. The minimum atomic E-state index is 0. The van der Waals surface area contributed by atoms with Gasteiger partial charge in [0.2, 0.25) is 0 Å². The molecule has 0 saturated heterocycles. The molecular weight excluding hydrogens is 112 g/mol. The molecule has 0 spiro atoms. The van der Waals surface area contributed by atoms with Crippen LogP contribution < -0.4 is 17.7 Å². The molecule has 0 aliphatic rings. The first-order valence-corrected chi connectivity index (χ1v) is 0.975. The lowest BCUT2D eigenvalue weighted by Crippen LogP contribution is -3.00. The Bertz CT molecular complexity index is 30.6. The molecule has 30 valence electrons. The number of nitrogens with zero attached hydrogens (tertiary/aromatic N) is 1. The van der Waals surface area contributed by atoms with Gasteiger partial charge in [-0.3, -0.25) is 0 Å². The summed E-state index contributed by atoms with van der Waals surface area (Å²) in [7, 11) is 0. The standard InChI is InChI=1S/ClH.N2OS/c;3-1-2-4/h1H;. The largest absolute Gasteiger partial charge is 1.00 e. The van der Waals surface area contributed by atoms with Gasteiger partial charge in [0, 0.05) is 0 Å². The number of nitroso groups, excluding NO2 is 1. The van der Waals surface area contributed by atoms with Crippen LogP contribution in [0.4, 0.5) is 0 Å². The Morgan fingerprint density at radius 1 is 1.80 bits per heavy atom. The summed E-state index contributed by atoms with van der Waals surface area (Å²) in [6.07, 6.45) is 0. The van der Waals surface area contributed by atoms with E-state index in [0.29, 0.717) is 0 Å². The van der Waals surface area contributed by atoms with E-state index in [1.165, 1.54) is 0 Å². The molecule has 3 nitrogen and oxygen atoms in total. The summed E-state index contributed by atoms with van der Waals surface area (Å²) in [5, 5.41) is 1.12. The van der Waals surface area contributed by atoms with Gasteiger partial charge in [0.15, 0.2) is 0 Å². The normalized spacial score (nSPS) is 4.00. The molecule has 0 unspecified atom stereocenters. The summed E-state index contributed by atoms with van der Waals surface area (Å²) in [5.74, 6) is 0. The van der Waals surface area contributed by atoms with Gasteiger partial charge in [-0.25, -0.2) is 0 Å². The average Bonchev–Trinajstić information content (AvgIpc) is 1.37. The molecular formula is HClN2OS. The molecule has 0 aromatic carbocycles. The van der Waals surface area contributed by atoms with Crippen LogP contribution in [-0.2, 0) is 12.4 Å². The quantitative estimate of drug-likeness (QED) is 0.348. The molecule has 0 radical (unpaired) electrons. The van der Waals surface area contributed by atoms with E-state index < -0.39 is 0 Å². The Labute approximate surface area is 40.3 Å². The lowest BCUT2D eigenvalue weighted by molar-refractivity contribution is -0.481. The van der Waals surface area contributed by atoms with Crippen molar-refractivity contribution >= 4 is 12.4 Å². The summed E-state index contributed by atoms with van der Waals surface area (Å²) in [6.45, 7) is 0. The van der Waals surface area contributed by atoms with E-state index in [0.717, 1.165) is 5.29 Å². The van der Waals surface area contributed by atoms with Crippen LogP contribution in [0.3, 0.4) is 0 Å². The van der Waals surface area contributed by atoms with Crippen LogP contribution >= 0.6 is 0 Å².